The van der Waals surface area contributed by atoms with Gasteiger partial charge >= 0.3 is 0 Å². The van der Waals surface area contributed by atoms with Crippen LogP contribution in [0.5, 0.6) is 0 Å². The molecule has 2 rings (SSSR count). The van der Waals surface area contributed by atoms with E-state index >= 15 is 0 Å². The third-order valence-electron chi connectivity index (χ3n) is 4.14. The third-order valence-corrected chi connectivity index (χ3v) is 4.14. The Morgan fingerprint density at radius 2 is 1.65 bits per heavy atom. The molecule has 0 aliphatic heterocycles. The van der Waals surface area contributed by atoms with Crippen LogP contribution >= 0.6 is 24.8 Å². The topological polar surface area (TPSA) is 58.4 Å². The fourth-order valence-electron chi connectivity index (χ4n) is 2.53. The second kappa shape index (κ2) is 12.6. The van der Waals surface area contributed by atoms with E-state index in [1.807, 2.05) is 49.4 Å². The zero-order chi connectivity index (χ0) is 17.4. The van der Waals surface area contributed by atoms with Gasteiger partial charge in [0.2, 0.25) is 5.91 Å². The molecule has 0 heterocycles. The molecule has 6 heteroatoms. The van der Waals surface area contributed by atoms with Crippen LogP contribution in [0.15, 0.2) is 54.6 Å². The summed E-state index contributed by atoms with van der Waals surface area (Å²) in [6.07, 6.45) is 1.95. The largest absolute Gasteiger partial charge is 0.375 e. The molecule has 0 aromatic heterocycles. The molecule has 1 atom stereocenters. The number of rotatable bonds is 8. The number of hydrogen-bond donors (Lipinski definition) is 2. The SMILES string of the molecule is Cc1ccc(C(N)C(=O)NCCCCN(C)c2ccccc2)cc1.Cl.Cl. The summed E-state index contributed by atoms with van der Waals surface area (Å²) in [7, 11) is 2.08. The van der Waals surface area contributed by atoms with E-state index in [1.54, 1.807) is 0 Å². The van der Waals surface area contributed by atoms with Gasteiger partial charge in [0.05, 0.1) is 0 Å². The number of nitrogens with one attached hydrogen (secondary N) is 1. The first kappa shape index (κ1) is 24.2. The fourth-order valence-corrected chi connectivity index (χ4v) is 2.53. The standard InChI is InChI=1S/C20H27N3O.2ClH/c1-16-10-12-17(13-11-16)19(21)20(24)22-14-6-7-15-23(2)18-8-4-3-5-9-18;;/h3-5,8-13,19H,6-7,14-15,21H2,1-2H3,(H,22,24);2*1H. The normalized spacial score (nSPS) is 10.9. The minimum atomic E-state index is -0.599. The first-order chi connectivity index (χ1) is 11.6. The summed E-state index contributed by atoms with van der Waals surface area (Å²) in [5.74, 6) is -0.115. The second-order valence-electron chi connectivity index (χ2n) is 6.14. The lowest BCUT2D eigenvalue weighted by Crippen LogP contribution is -2.34. The van der Waals surface area contributed by atoms with Crippen molar-refractivity contribution < 1.29 is 4.79 Å². The summed E-state index contributed by atoms with van der Waals surface area (Å²) >= 11 is 0. The van der Waals surface area contributed by atoms with Crippen LogP contribution in [0.3, 0.4) is 0 Å². The molecule has 0 aliphatic rings. The maximum Gasteiger partial charge on any atom is 0.241 e. The van der Waals surface area contributed by atoms with Gasteiger partial charge in [0.15, 0.2) is 0 Å². The van der Waals surface area contributed by atoms with Crippen LogP contribution in [0.1, 0.15) is 30.0 Å². The van der Waals surface area contributed by atoms with Crippen LogP contribution in [0.25, 0.3) is 0 Å². The first-order valence-corrected chi connectivity index (χ1v) is 8.44. The Labute approximate surface area is 169 Å². The Bertz CT molecular complexity index is 635. The highest BCUT2D eigenvalue weighted by atomic mass is 35.5. The molecule has 4 nitrogen and oxygen atoms in total. The second-order valence-corrected chi connectivity index (χ2v) is 6.14. The zero-order valence-corrected chi connectivity index (χ0v) is 17.0. The number of carbonyl (C=O) groups excluding carboxylic acids is 1. The van der Waals surface area contributed by atoms with E-state index < -0.39 is 6.04 Å². The maximum atomic E-state index is 12.1. The molecule has 1 amide bonds. The number of halogens is 2. The maximum absolute atomic E-state index is 12.1. The van der Waals surface area contributed by atoms with Crippen LogP contribution in [0, 0.1) is 6.92 Å². The highest BCUT2D eigenvalue weighted by Crippen LogP contribution is 2.12. The van der Waals surface area contributed by atoms with Crippen LogP contribution < -0.4 is 16.0 Å². The number of unbranched alkanes of at least 4 members (excludes halogenated alkanes) is 1. The molecule has 0 fully saturated rings. The molecule has 1 unspecified atom stereocenters. The number of nitrogens with zero attached hydrogens (tertiary/aromatic N) is 1. The van der Waals surface area contributed by atoms with Crippen molar-refractivity contribution in [2.45, 2.75) is 25.8 Å². The minimum absolute atomic E-state index is 0. The lowest BCUT2D eigenvalue weighted by atomic mass is 10.1. The summed E-state index contributed by atoms with van der Waals surface area (Å²) in [4.78, 5) is 14.3. The summed E-state index contributed by atoms with van der Waals surface area (Å²) in [5, 5.41) is 2.93. The summed E-state index contributed by atoms with van der Waals surface area (Å²) < 4.78 is 0. The van der Waals surface area contributed by atoms with Gasteiger partial charge in [-0.2, -0.15) is 0 Å². The molecule has 144 valence electrons. The van der Waals surface area contributed by atoms with E-state index in [0.29, 0.717) is 6.54 Å². The minimum Gasteiger partial charge on any atom is -0.375 e. The molecule has 26 heavy (non-hydrogen) atoms. The van der Waals surface area contributed by atoms with E-state index in [4.69, 9.17) is 5.73 Å². The molecule has 2 aromatic rings. The smallest absolute Gasteiger partial charge is 0.241 e. The number of nitrogens with two attached hydrogens (primary N) is 1. The Morgan fingerprint density at radius 1 is 1.04 bits per heavy atom. The molecule has 0 aliphatic carbocycles. The number of anilines is 1. The van der Waals surface area contributed by atoms with Crippen molar-refractivity contribution in [3.63, 3.8) is 0 Å². The number of benzene rings is 2. The van der Waals surface area contributed by atoms with Crippen LogP contribution in [-0.2, 0) is 4.79 Å². The van der Waals surface area contributed by atoms with Crippen molar-refractivity contribution in [2.24, 2.45) is 5.73 Å². The average molecular weight is 398 g/mol. The van der Waals surface area contributed by atoms with Gasteiger partial charge < -0.3 is 16.0 Å². The fraction of sp³-hybridized carbons (Fsp3) is 0.350. The van der Waals surface area contributed by atoms with Gasteiger partial charge in [-0.05, 0) is 37.5 Å². The molecule has 0 bridgehead atoms. The molecular formula is C20H29Cl2N3O. The van der Waals surface area contributed by atoms with Crippen molar-refractivity contribution >= 4 is 36.4 Å². The van der Waals surface area contributed by atoms with Gasteiger partial charge in [0.1, 0.15) is 6.04 Å². The summed E-state index contributed by atoms with van der Waals surface area (Å²) in [6.45, 7) is 3.63. The predicted octanol–water partition coefficient (Wildman–Crippen LogP) is 3.87. The Morgan fingerprint density at radius 3 is 2.27 bits per heavy atom. The highest BCUT2D eigenvalue weighted by Gasteiger charge is 2.14. The molecular weight excluding hydrogens is 369 g/mol. The van der Waals surface area contributed by atoms with Crippen LogP contribution in [0.2, 0.25) is 0 Å². The Balaban J connectivity index is 0.00000312. The lowest BCUT2D eigenvalue weighted by molar-refractivity contribution is -0.122. The van der Waals surface area contributed by atoms with E-state index in [2.05, 4.69) is 29.4 Å². The molecule has 0 saturated carbocycles. The Kier molecular flexibility index (Phi) is 11.7. The quantitative estimate of drug-likeness (QED) is 0.664. The number of carbonyl (C=O) groups is 1. The van der Waals surface area contributed by atoms with Crippen molar-refractivity contribution in [3.05, 3.63) is 65.7 Å². The zero-order valence-electron chi connectivity index (χ0n) is 15.4. The highest BCUT2D eigenvalue weighted by molar-refractivity contribution is 5.85. The van der Waals surface area contributed by atoms with Crippen molar-refractivity contribution in [3.8, 4) is 0 Å². The molecule has 0 radical (unpaired) electrons. The summed E-state index contributed by atoms with van der Waals surface area (Å²) in [6, 6.07) is 17.5. The van der Waals surface area contributed by atoms with Gasteiger partial charge in [-0.3, -0.25) is 4.79 Å². The first-order valence-electron chi connectivity index (χ1n) is 8.44. The van der Waals surface area contributed by atoms with Crippen molar-refractivity contribution in [2.75, 3.05) is 25.0 Å². The van der Waals surface area contributed by atoms with Gasteiger partial charge in [-0.15, -0.1) is 24.8 Å². The van der Waals surface area contributed by atoms with Gasteiger partial charge in [0.25, 0.3) is 0 Å². The van der Waals surface area contributed by atoms with E-state index in [-0.39, 0.29) is 30.7 Å². The number of para-hydroxylation sites is 1. The van der Waals surface area contributed by atoms with Crippen LogP contribution in [0.4, 0.5) is 5.69 Å². The third kappa shape index (κ3) is 7.65. The Hall–Kier alpha value is -1.75. The number of aryl methyl sites for hydroxylation is 1. The predicted molar refractivity (Wildman–Crippen MR) is 115 cm³/mol. The summed E-state index contributed by atoms with van der Waals surface area (Å²) in [5.41, 5.74) is 9.23. The number of hydrogen-bond acceptors (Lipinski definition) is 3. The van der Waals surface area contributed by atoms with Crippen molar-refractivity contribution in [1.29, 1.82) is 0 Å². The molecule has 2 aromatic carbocycles. The van der Waals surface area contributed by atoms with Gasteiger partial charge in [-0.1, -0.05) is 48.0 Å². The van der Waals surface area contributed by atoms with Crippen molar-refractivity contribution in [1.82, 2.24) is 5.32 Å². The number of amides is 1. The van der Waals surface area contributed by atoms with Gasteiger partial charge in [0, 0.05) is 25.8 Å². The van der Waals surface area contributed by atoms with Gasteiger partial charge in [-0.25, -0.2) is 0 Å². The molecule has 0 spiro atoms. The van der Waals surface area contributed by atoms with E-state index in [1.165, 1.54) is 5.69 Å². The van der Waals surface area contributed by atoms with E-state index in [0.717, 1.165) is 30.5 Å². The average Bonchev–Trinajstić information content (AvgIpc) is 2.62. The molecule has 3 N–H and O–H groups in total. The van der Waals surface area contributed by atoms with E-state index in [9.17, 15) is 4.79 Å². The monoisotopic (exact) mass is 397 g/mol. The molecule has 0 saturated heterocycles. The lowest BCUT2D eigenvalue weighted by Gasteiger charge is -2.19. The van der Waals surface area contributed by atoms with Crippen LogP contribution in [-0.4, -0.2) is 26.0 Å².